The van der Waals surface area contributed by atoms with Gasteiger partial charge in [-0.1, -0.05) is 65.3 Å². The SMILES string of the molecule is CC.CCC.CC[C@@H]1Cc2ccccc2CN1C. The third-order valence-corrected chi connectivity index (χ3v) is 3.09. The molecule has 1 heterocycles. The fourth-order valence-corrected chi connectivity index (χ4v) is 2.17. The summed E-state index contributed by atoms with van der Waals surface area (Å²) in [6, 6.07) is 9.55. The maximum absolute atomic E-state index is 2.46. The van der Waals surface area contributed by atoms with E-state index in [1.807, 2.05) is 13.8 Å². The van der Waals surface area contributed by atoms with E-state index in [4.69, 9.17) is 0 Å². The van der Waals surface area contributed by atoms with Gasteiger partial charge in [-0.15, -0.1) is 0 Å². The first-order valence-electron chi connectivity index (χ1n) is 7.49. The van der Waals surface area contributed by atoms with E-state index in [9.17, 15) is 0 Å². The molecule has 1 atom stereocenters. The lowest BCUT2D eigenvalue weighted by atomic mass is 9.93. The van der Waals surface area contributed by atoms with E-state index in [0.717, 1.165) is 12.6 Å². The largest absolute Gasteiger partial charge is 0.299 e. The fourth-order valence-electron chi connectivity index (χ4n) is 2.17. The summed E-state index contributed by atoms with van der Waals surface area (Å²) < 4.78 is 0. The quantitative estimate of drug-likeness (QED) is 0.684. The van der Waals surface area contributed by atoms with Gasteiger partial charge in [0.15, 0.2) is 0 Å². The van der Waals surface area contributed by atoms with Crippen LogP contribution >= 0.6 is 0 Å². The molecule has 0 N–H and O–H groups in total. The fraction of sp³-hybridized carbons (Fsp3) is 0.647. The molecule has 1 aliphatic heterocycles. The second-order valence-electron chi connectivity index (χ2n) is 4.66. The molecule has 1 aromatic rings. The molecule has 18 heavy (non-hydrogen) atoms. The van der Waals surface area contributed by atoms with Gasteiger partial charge in [-0.05, 0) is 31.0 Å². The summed E-state index contributed by atoms with van der Waals surface area (Å²) in [5, 5.41) is 0. The first kappa shape index (κ1) is 17.2. The number of fused-ring (bicyclic) bond motifs is 1. The van der Waals surface area contributed by atoms with Gasteiger partial charge in [0.25, 0.3) is 0 Å². The summed E-state index contributed by atoms with van der Waals surface area (Å²) in [7, 11) is 2.23. The van der Waals surface area contributed by atoms with Crippen LogP contribution in [0, 0.1) is 0 Å². The molecule has 1 aromatic carbocycles. The minimum absolute atomic E-state index is 0.745. The lowest BCUT2D eigenvalue weighted by Gasteiger charge is -2.33. The topological polar surface area (TPSA) is 3.24 Å². The van der Waals surface area contributed by atoms with Gasteiger partial charge in [-0.25, -0.2) is 0 Å². The highest BCUT2D eigenvalue weighted by Crippen LogP contribution is 2.22. The van der Waals surface area contributed by atoms with Crippen molar-refractivity contribution in [2.45, 2.75) is 66.5 Å². The van der Waals surface area contributed by atoms with Gasteiger partial charge in [0.1, 0.15) is 0 Å². The molecule has 1 nitrogen and oxygen atoms in total. The Morgan fingerprint density at radius 2 is 1.56 bits per heavy atom. The van der Waals surface area contributed by atoms with Gasteiger partial charge in [0, 0.05) is 12.6 Å². The van der Waals surface area contributed by atoms with Crippen LogP contribution in [0.15, 0.2) is 24.3 Å². The molecule has 0 unspecified atom stereocenters. The highest BCUT2D eigenvalue weighted by atomic mass is 15.1. The third kappa shape index (κ3) is 5.22. The van der Waals surface area contributed by atoms with E-state index in [0.29, 0.717) is 0 Å². The molecule has 0 aliphatic carbocycles. The van der Waals surface area contributed by atoms with Crippen LogP contribution in [0.3, 0.4) is 0 Å². The van der Waals surface area contributed by atoms with Crippen LogP contribution < -0.4 is 0 Å². The van der Waals surface area contributed by atoms with Gasteiger partial charge in [0.2, 0.25) is 0 Å². The van der Waals surface area contributed by atoms with E-state index >= 15 is 0 Å². The second kappa shape index (κ2) is 10.1. The summed E-state index contributed by atoms with van der Waals surface area (Å²) in [5.41, 5.74) is 3.06. The van der Waals surface area contributed by atoms with Crippen molar-refractivity contribution in [3.63, 3.8) is 0 Å². The van der Waals surface area contributed by atoms with Crippen LogP contribution in [0.1, 0.15) is 58.6 Å². The van der Waals surface area contributed by atoms with E-state index < -0.39 is 0 Å². The average molecular weight is 249 g/mol. The molecule has 2 rings (SSSR count). The standard InChI is InChI=1S/C12H17N.C3H8.C2H6/c1-3-12-8-10-6-4-5-7-11(10)9-13(12)2;1-3-2;1-2/h4-7,12H,3,8-9H2,1-2H3;3H2,1-2H3;1-2H3/t12-;;/m1../s1. The molecular formula is C17H31N. The van der Waals surface area contributed by atoms with Crippen molar-refractivity contribution in [2.75, 3.05) is 7.05 Å². The lowest BCUT2D eigenvalue weighted by Crippen LogP contribution is -2.36. The minimum Gasteiger partial charge on any atom is -0.299 e. The Balaban J connectivity index is 0.000000509. The molecule has 0 radical (unpaired) electrons. The number of hydrogen-bond acceptors (Lipinski definition) is 1. The minimum atomic E-state index is 0.745. The Morgan fingerprint density at radius 1 is 1.06 bits per heavy atom. The monoisotopic (exact) mass is 249 g/mol. The van der Waals surface area contributed by atoms with Crippen LogP contribution in [-0.2, 0) is 13.0 Å². The van der Waals surface area contributed by atoms with E-state index in [1.54, 1.807) is 5.56 Å². The van der Waals surface area contributed by atoms with Crippen molar-refractivity contribution in [1.29, 1.82) is 0 Å². The Kier molecular flexibility index (Phi) is 9.67. The summed E-state index contributed by atoms with van der Waals surface area (Å²) in [6.45, 7) is 11.6. The molecule has 0 spiro atoms. The molecular weight excluding hydrogens is 218 g/mol. The molecule has 0 fully saturated rings. The Bertz CT molecular complexity index is 306. The van der Waals surface area contributed by atoms with E-state index in [2.05, 4.69) is 57.0 Å². The predicted molar refractivity (Wildman–Crippen MR) is 83.0 cm³/mol. The normalized spacial score (nSPS) is 17.8. The molecule has 0 aromatic heterocycles. The smallest absolute Gasteiger partial charge is 0.0236 e. The number of benzene rings is 1. The number of rotatable bonds is 1. The second-order valence-corrected chi connectivity index (χ2v) is 4.66. The van der Waals surface area contributed by atoms with Gasteiger partial charge < -0.3 is 0 Å². The van der Waals surface area contributed by atoms with E-state index in [1.165, 1.54) is 24.8 Å². The number of nitrogens with zero attached hydrogens (tertiary/aromatic N) is 1. The maximum Gasteiger partial charge on any atom is 0.0236 e. The average Bonchev–Trinajstić information content (AvgIpc) is 2.41. The zero-order valence-corrected chi connectivity index (χ0v) is 13.2. The van der Waals surface area contributed by atoms with Gasteiger partial charge in [-0.2, -0.15) is 0 Å². The van der Waals surface area contributed by atoms with Gasteiger partial charge >= 0.3 is 0 Å². The highest BCUT2D eigenvalue weighted by molar-refractivity contribution is 5.29. The van der Waals surface area contributed by atoms with Crippen molar-refractivity contribution in [3.8, 4) is 0 Å². The summed E-state index contributed by atoms with van der Waals surface area (Å²) in [6.07, 6.45) is 3.73. The molecule has 1 aliphatic rings. The van der Waals surface area contributed by atoms with Gasteiger partial charge in [0.05, 0.1) is 0 Å². The predicted octanol–water partition coefficient (Wildman–Crippen LogP) is 4.90. The highest BCUT2D eigenvalue weighted by Gasteiger charge is 2.20. The Morgan fingerprint density at radius 3 is 2.06 bits per heavy atom. The molecule has 1 heteroatoms. The first-order valence-corrected chi connectivity index (χ1v) is 7.49. The van der Waals surface area contributed by atoms with Crippen LogP contribution in [0.25, 0.3) is 0 Å². The van der Waals surface area contributed by atoms with E-state index in [-0.39, 0.29) is 0 Å². The summed E-state index contributed by atoms with van der Waals surface area (Å²) in [4.78, 5) is 2.46. The zero-order valence-electron chi connectivity index (χ0n) is 13.2. The van der Waals surface area contributed by atoms with Crippen LogP contribution in [-0.4, -0.2) is 18.0 Å². The number of hydrogen-bond donors (Lipinski definition) is 0. The van der Waals surface area contributed by atoms with Crippen molar-refractivity contribution in [2.24, 2.45) is 0 Å². The zero-order chi connectivity index (χ0) is 14.0. The third-order valence-electron chi connectivity index (χ3n) is 3.09. The summed E-state index contributed by atoms with van der Waals surface area (Å²) >= 11 is 0. The molecule has 0 saturated heterocycles. The number of likely N-dealkylation sites (N-methyl/N-ethyl adjacent to an activating group) is 1. The van der Waals surface area contributed by atoms with Gasteiger partial charge in [-0.3, -0.25) is 4.90 Å². The van der Waals surface area contributed by atoms with Crippen molar-refractivity contribution < 1.29 is 0 Å². The van der Waals surface area contributed by atoms with Crippen LogP contribution in [0.2, 0.25) is 0 Å². The van der Waals surface area contributed by atoms with Crippen LogP contribution in [0.5, 0.6) is 0 Å². The molecule has 0 saturated carbocycles. The van der Waals surface area contributed by atoms with Crippen molar-refractivity contribution >= 4 is 0 Å². The van der Waals surface area contributed by atoms with Crippen LogP contribution in [0.4, 0.5) is 0 Å². The Hall–Kier alpha value is -0.820. The lowest BCUT2D eigenvalue weighted by molar-refractivity contribution is 0.210. The molecule has 0 bridgehead atoms. The summed E-state index contributed by atoms with van der Waals surface area (Å²) in [5.74, 6) is 0. The van der Waals surface area contributed by atoms with Crippen molar-refractivity contribution in [1.82, 2.24) is 4.90 Å². The van der Waals surface area contributed by atoms with Crippen molar-refractivity contribution in [3.05, 3.63) is 35.4 Å². The first-order chi connectivity index (χ1) is 8.72. The molecule has 104 valence electrons. The maximum atomic E-state index is 2.46. The Labute approximate surface area is 114 Å². The molecule has 0 amide bonds.